The average molecular weight is 490 g/mol. The monoisotopic (exact) mass is 489 g/mol. The number of rotatable bonds is 5. The van der Waals surface area contributed by atoms with E-state index in [1.54, 1.807) is 28.9 Å². The van der Waals surface area contributed by atoms with Crippen LogP contribution in [-0.2, 0) is 4.79 Å². The molecule has 2 amide bonds. The molecule has 1 spiro atoms. The van der Waals surface area contributed by atoms with Gasteiger partial charge in [0.1, 0.15) is 17.8 Å². The quantitative estimate of drug-likeness (QED) is 0.542. The summed E-state index contributed by atoms with van der Waals surface area (Å²) in [4.78, 5) is 45.4. The standard InChI is InChI=1S/C25H24FN7O3/c1-3-19(34)32-12-25(13-32)8-4-10-33(25)23(35)21-20(22(27)30-14-29-21)16-5-6-18(17(26)11-16)36-24-28-9-7-15(2)31-24/h3,5-7,9,11,14H,1,4,8,10,12-13H2,2H3,(H2,27,29,30). The number of hydrogen-bond acceptors (Lipinski definition) is 8. The molecular formula is C25H24FN7O3. The first-order valence-corrected chi connectivity index (χ1v) is 11.4. The van der Waals surface area contributed by atoms with E-state index in [9.17, 15) is 9.59 Å². The van der Waals surface area contributed by atoms with E-state index in [0.29, 0.717) is 30.9 Å². The number of nitrogens with two attached hydrogens (primary N) is 1. The minimum absolute atomic E-state index is 0.0175. The van der Waals surface area contributed by atoms with E-state index in [0.717, 1.165) is 12.8 Å². The molecule has 0 radical (unpaired) electrons. The number of benzene rings is 1. The van der Waals surface area contributed by atoms with E-state index in [1.165, 1.54) is 30.7 Å². The zero-order chi connectivity index (χ0) is 25.4. The fraction of sp³-hybridized carbons (Fsp3) is 0.280. The molecule has 2 aliphatic heterocycles. The van der Waals surface area contributed by atoms with Crippen LogP contribution in [0.2, 0.25) is 0 Å². The van der Waals surface area contributed by atoms with Gasteiger partial charge in [-0.25, -0.2) is 24.3 Å². The summed E-state index contributed by atoms with van der Waals surface area (Å²) in [5.41, 5.74) is 7.02. The first kappa shape index (κ1) is 23.3. The third kappa shape index (κ3) is 4.02. The SMILES string of the molecule is C=CC(=O)N1CC2(CCCN2C(=O)c2ncnc(N)c2-c2ccc(Oc3nccc(C)n3)c(F)c2)C1. The number of carbonyl (C=O) groups is 2. The number of aromatic nitrogens is 4. The minimum atomic E-state index is -0.686. The fourth-order valence-corrected chi connectivity index (χ4v) is 4.82. The number of carbonyl (C=O) groups excluding carboxylic acids is 2. The summed E-state index contributed by atoms with van der Waals surface area (Å²) in [6.07, 6.45) is 5.58. The highest BCUT2D eigenvalue weighted by atomic mass is 19.1. The maximum absolute atomic E-state index is 15.0. The normalized spacial score (nSPS) is 16.1. The van der Waals surface area contributed by atoms with Crippen molar-refractivity contribution in [2.45, 2.75) is 25.3 Å². The highest BCUT2D eigenvalue weighted by Gasteiger charge is 2.53. The number of halogens is 1. The van der Waals surface area contributed by atoms with Gasteiger partial charge in [0.15, 0.2) is 11.6 Å². The lowest BCUT2D eigenvalue weighted by molar-refractivity contribution is -0.137. The lowest BCUT2D eigenvalue weighted by atomic mass is 9.86. The smallest absolute Gasteiger partial charge is 0.322 e. The summed E-state index contributed by atoms with van der Waals surface area (Å²) in [5.74, 6) is -1.22. The van der Waals surface area contributed by atoms with Gasteiger partial charge in [-0.2, -0.15) is 0 Å². The largest absolute Gasteiger partial charge is 0.421 e. The van der Waals surface area contributed by atoms with Gasteiger partial charge in [0, 0.05) is 31.5 Å². The second kappa shape index (κ2) is 8.99. The van der Waals surface area contributed by atoms with Crippen molar-refractivity contribution in [1.29, 1.82) is 0 Å². The molecule has 2 N–H and O–H groups in total. The molecule has 10 nitrogen and oxygen atoms in total. The molecule has 0 bridgehead atoms. The fourth-order valence-electron chi connectivity index (χ4n) is 4.82. The molecular weight excluding hydrogens is 465 g/mol. The van der Waals surface area contributed by atoms with Crippen molar-refractivity contribution >= 4 is 17.6 Å². The van der Waals surface area contributed by atoms with Crippen LogP contribution in [0.4, 0.5) is 10.2 Å². The summed E-state index contributed by atoms with van der Waals surface area (Å²) in [5, 5.41) is 0. The molecule has 11 heteroatoms. The van der Waals surface area contributed by atoms with E-state index >= 15 is 4.39 Å². The third-order valence-electron chi connectivity index (χ3n) is 6.57. The second-order valence-electron chi connectivity index (χ2n) is 8.89. The Morgan fingerprint density at radius 2 is 2.03 bits per heavy atom. The maximum Gasteiger partial charge on any atom is 0.322 e. The van der Waals surface area contributed by atoms with Gasteiger partial charge in [-0.3, -0.25) is 9.59 Å². The van der Waals surface area contributed by atoms with Crippen molar-refractivity contribution in [3.05, 3.63) is 66.6 Å². The number of amides is 2. The van der Waals surface area contributed by atoms with Gasteiger partial charge in [0.25, 0.3) is 5.91 Å². The number of nitrogens with zero attached hydrogens (tertiary/aromatic N) is 6. The van der Waals surface area contributed by atoms with Crippen LogP contribution < -0.4 is 10.5 Å². The molecule has 0 saturated carbocycles. The van der Waals surface area contributed by atoms with Crippen molar-refractivity contribution in [1.82, 2.24) is 29.7 Å². The molecule has 2 aromatic heterocycles. The Morgan fingerprint density at radius 1 is 1.22 bits per heavy atom. The molecule has 5 rings (SSSR count). The highest BCUT2D eigenvalue weighted by molar-refractivity contribution is 6.02. The Kier molecular flexibility index (Phi) is 5.83. The first-order valence-electron chi connectivity index (χ1n) is 11.4. The number of ether oxygens (including phenoxy) is 1. The number of aryl methyl sites for hydroxylation is 1. The van der Waals surface area contributed by atoms with Crippen molar-refractivity contribution in [2.24, 2.45) is 0 Å². The van der Waals surface area contributed by atoms with E-state index in [2.05, 4.69) is 26.5 Å². The van der Waals surface area contributed by atoms with Gasteiger partial charge < -0.3 is 20.3 Å². The van der Waals surface area contributed by atoms with Crippen molar-refractivity contribution in [2.75, 3.05) is 25.4 Å². The van der Waals surface area contributed by atoms with Crippen LogP contribution in [-0.4, -0.2) is 66.7 Å². The molecule has 184 valence electrons. The van der Waals surface area contributed by atoms with Crippen LogP contribution in [0, 0.1) is 12.7 Å². The van der Waals surface area contributed by atoms with Crippen LogP contribution in [0.15, 0.2) is 49.4 Å². The lowest BCUT2D eigenvalue weighted by Crippen LogP contribution is -2.69. The van der Waals surface area contributed by atoms with Crippen molar-refractivity contribution in [3.63, 3.8) is 0 Å². The summed E-state index contributed by atoms with van der Waals surface area (Å²) in [6.45, 7) is 6.69. The Bertz CT molecular complexity index is 1370. The molecule has 36 heavy (non-hydrogen) atoms. The van der Waals surface area contributed by atoms with E-state index < -0.39 is 11.4 Å². The Morgan fingerprint density at radius 3 is 2.75 bits per heavy atom. The Hall–Kier alpha value is -4.41. The first-order chi connectivity index (χ1) is 17.3. The number of nitrogen functional groups attached to an aromatic ring is 1. The van der Waals surface area contributed by atoms with E-state index in [1.807, 2.05) is 0 Å². The van der Waals surface area contributed by atoms with E-state index in [-0.39, 0.29) is 40.6 Å². The highest BCUT2D eigenvalue weighted by Crippen LogP contribution is 2.40. The number of hydrogen-bond donors (Lipinski definition) is 1. The predicted octanol–water partition coefficient (Wildman–Crippen LogP) is 2.76. The summed E-state index contributed by atoms with van der Waals surface area (Å²) in [7, 11) is 0. The predicted molar refractivity (Wildman–Crippen MR) is 128 cm³/mol. The number of likely N-dealkylation sites (tertiary alicyclic amines) is 2. The zero-order valence-electron chi connectivity index (χ0n) is 19.6. The molecule has 2 aliphatic rings. The van der Waals surface area contributed by atoms with Crippen LogP contribution in [0.25, 0.3) is 11.1 Å². The summed E-state index contributed by atoms with van der Waals surface area (Å²) >= 11 is 0. The average Bonchev–Trinajstić information content (AvgIpc) is 3.29. The van der Waals surface area contributed by atoms with Crippen LogP contribution in [0.5, 0.6) is 11.8 Å². The van der Waals surface area contributed by atoms with Crippen LogP contribution >= 0.6 is 0 Å². The van der Waals surface area contributed by atoms with Gasteiger partial charge in [-0.15, -0.1) is 0 Å². The minimum Gasteiger partial charge on any atom is -0.421 e. The lowest BCUT2D eigenvalue weighted by Gasteiger charge is -2.52. The topological polar surface area (TPSA) is 127 Å². The zero-order valence-corrected chi connectivity index (χ0v) is 19.6. The maximum atomic E-state index is 15.0. The summed E-state index contributed by atoms with van der Waals surface area (Å²) < 4.78 is 20.5. The molecule has 0 atom stereocenters. The molecule has 2 fully saturated rings. The van der Waals surface area contributed by atoms with Gasteiger partial charge in [0.05, 0.1) is 11.1 Å². The Balaban J connectivity index is 1.44. The third-order valence-corrected chi connectivity index (χ3v) is 6.57. The Labute approximate surface area is 206 Å². The molecule has 2 saturated heterocycles. The number of anilines is 1. The molecule has 4 heterocycles. The summed E-state index contributed by atoms with van der Waals surface area (Å²) in [6, 6.07) is 5.92. The molecule has 0 unspecified atom stereocenters. The molecule has 3 aromatic rings. The second-order valence-corrected chi connectivity index (χ2v) is 8.89. The van der Waals surface area contributed by atoms with Gasteiger partial charge in [0.2, 0.25) is 5.91 Å². The van der Waals surface area contributed by atoms with Crippen LogP contribution in [0.1, 0.15) is 29.0 Å². The van der Waals surface area contributed by atoms with Gasteiger partial charge in [-0.05, 0) is 49.6 Å². The molecule has 1 aromatic carbocycles. The van der Waals surface area contributed by atoms with Gasteiger partial charge >= 0.3 is 6.01 Å². The van der Waals surface area contributed by atoms with Gasteiger partial charge in [-0.1, -0.05) is 12.6 Å². The van der Waals surface area contributed by atoms with E-state index in [4.69, 9.17) is 10.5 Å². The van der Waals surface area contributed by atoms with Crippen molar-refractivity contribution in [3.8, 4) is 22.9 Å². The van der Waals surface area contributed by atoms with Crippen molar-refractivity contribution < 1.29 is 18.7 Å². The molecule has 0 aliphatic carbocycles. The van der Waals surface area contributed by atoms with Crippen LogP contribution in [0.3, 0.4) is 0 Å².